The maximum absolute atomic E-state index is 14.0. The van der Waals surface area contributed by atoms with Gasteiger partial charge in [-0.15, -0.1) is 0 Å². The fourth-order valence-corrected chi connectivity index (χ4v) is 3.26. The number of anilines is 1. The molecule has 1 unspecified atom stereocenters. The standard InChI is InChI=1S/C19H20BrFN2O2S/c1-12-7-8-16(15(21)11-12)22-19(25)17(9-10-26-2)23-18(24)13-5-3-4-6-14(13)20/h3-8,11,17H,9-10H2,1-2H3,(H,22,25)(H,23,24). The first-order valence-electron chi connectivity index (χ1n) is 8.03. The Balaban J connectivity index is 2.14. The number of carbonyl (C=O) groups is 2. The Kier molecular flexibility index (Phi) is 7.66. The van der Waals surface area contributed by atoms with E-state index in [9.17, 15) is 14.0 Å². The van der Waals surface area contributed by atoms with Gasteiger partial charge in [-0.05, 0) is 71.1 Å². The summed E-state index contributed by atoms with van der Waals surface area (Å²) < 4.78 is 14.6. The summed E-state index contributed by atoms with van der Waals surface area (Å²) in [5.74, 6) is -0.616. The molecule has 7 heteroatoms. The predicted molar refractivity (Wildman–Crippen MR) is 108 cm³/mol. The molecule has 1 atom stereocenters. The number of rotatable bonds is 7. The number of benzene rings is 2. The molecular formula is C19H20BrFN2O2S. The van der Waals surface area contributed by atoms with Crippen molar-refractivity contribution in [2.24, 2.45) is 0 Å². The molecule has 0 spiro atoms. The average molecular weight is 439 g/mol. The van der Waals surface area contributed by atoms with Crippen molar-refractivity contribution in [3.05, 3.63) is 63.9 Å². The Morgan fingerprint density at radius 2 is 1.96 bits per heavy atom. The number of hydrogen-bond acceptors (Lipinski definition) is 3. The molecule has 0 aliphatic carbocycles. The van der Waals surface area contributed by atoms with Crippen molar-refractivity contribution in [2.45, 2.75) is 19.4 Å². The van der Waals surface area contributed by atoms with Gasteiger partial charge in [0.05, 0.1) is 11.3 Å². The maximum atomic E-state index is 14.0. The van der Waals surface area contributed by atoms with Crippen molar-refractivity contribution in [3.63, 3.8) is 0 Å². The van der Waals surface area contributed by atoms with Crippen LogP contribution in [0, 0.1) is 12.7 Å². The number of amides is 2. The molecule has 0 fully saturated rings. The number of halogens is 2. The third kappa shape index (κ3) is 5.57. The fourth-order valence-electron chi connectivity index (χ4n) is 2.33. The largest absolute Gasteiger partial charge is 0.340 e. The van der Waals surface area contributed by atoms with Crippen LogP contribution in [0.3, 0.4) is 0 Å². The molecule has 2 rings (SSSR count). The van der Waals surface area contributed by atoms with Crippen LogP contribution < -0.4 is 10.6 Å². The number of hydrogen-bond donors (Lipinski definition) is 2. The fraction of sp³-hybridized carbons (Fsp3) is 0.263. The quantitative estimate of drug-likeness (QED) is 0.673. The van der Waals surface area contributed by atoms with Crippen LogP contribution in [0.4, 0.5) is 10.1 Å². The van der Waals surface area contributed by atoms with Crippen LogP contribution in [-0.2, 0) is 4.79 Å². The minimum absolute atomic E-state index is 0.102. The van der Waals surface area contributed by atoms with Gasteiger partial charge in [-0.3, -0.25) is 9.59 Å². The van der Waals surface area contributed by atoms with E-state index in [-0.39, 0.29) is 11.6 Å². The molecule has 0 bridgehead atoms. The SMILES string of the molecule is CSCCC(NC(=O)c1ccccc1Br)C(=O)Nc1ccc(C)cc1F. The first-order valence-corrected chi connectivity index (χ1v) is 10.2. The van der Waals surface area contributed by atoms with Gasteiger partial charge in [0.1, 0.15) is 11.9 Å². The van der Waals surface area contributed by atoms with Crippen LogP contribution in [0.1, 0.15) is 22.3 Å². The Morgan fingerprint density at radius 3 is 2.62 bits per heavy atom. The number of nitrogens with one attached hydrogen (secondary N) is 2. The molecule has 0 aromatic heterocycles. The van der Waals surface area contributed by atoms with Crippen molar-refractivity contribution in [1.82, 2.24) is 5.32 Å². The first-order chi connectivity index (χ1) is 12.4. The lowest BCUT2D eigenvalue weighted by Gasteiger charge is -2.19. The normalized spacial score (nSPS) is 11.7. The highest BCUT2D eigenvalue weighted by molar-refractivity contribution is 9.10. The van der Waals surface area contributed by atoms with E-state index >= 15 is 0 Å². The summed E-state index contributed by atoms with van der Waals surface area (Å²) in [7, 11) is 0. The Morgan fingerprint density at radius 1 is 1.23 bits per heavy atom. The van der Waals surface area contributed by atoms with Crippen molar-refractivity contribution in [1.29, 1.82) is 0 Å². The molecule has 2 amide bonds. The summed E-state index contributed by atoms with van der Waals surface area (Å²) in [6, 6.07) is 10.8. The van der Waals surface area contributed by atoms with Gasteiger partial charge >= 0.3 is 0 Å². The van der Waals surface area contributed by atoms with Crippen molar-refractivity contribution in [2.75, 3.05) is 17.3 Å². The van der Waals surface area contributed by atoms with Gasteiger partial charge in [0.15, 0.2) is 0 Å². The molecule has 138 valence electrons. The van der Waals surface area contributed by atoms with E-state index in [1.54, 1.807) is 49.0 Å². The van der Waals surface area contributed by atoms with E-state index in [1.807, 2.05) is 6.26 Å². The first kappa shape index (κ1) is 20.5. The molecule has 2 aromatic rings. The zero-order valence-electron chi connectivity index (χ0n) is 14.5. The maximum Gasteiger partial charge on any atom is 0.253 e. The summed E-state index contributed by atoms with van der Waals surface area (Å²) in [6.07, 6.45) is 2.36. The summed E-state index contributed by atoms with van der Waals surface area (Å²) in [5, 5.41) is 5.31. The minimum Gasteiger partial charge on any atom is -0.340 e. The Bertz CT molecular complexity index is 801. The van der Waals surface area contributed by atoms with Crippen LogP contribution in [-0.4, -0.2) is 29.9 Å². The smallest absolute Gasteiger partial charge is 0.253 e. The summed E-state index contributed by atoms with van der Waals surface area (Å²) >= 11 is 4.90. The van der Waals surface area contributed by atoms with Crippen LogP contribution in [0.5, 0.6) is 0 Å². The van der Waals surface area contributed by atoms with Gasteiger partial charge in [-0.2, -0.15) is 11.8 Å². The molecule has 2 aromatic carbocycles. The van der Waals surface area contributed by atoms with Crippen LogP contribution in [0.2, 0.25) is 0 Å². The topological polar surface area (TPSA) is 58.2 Å². The number of aryl methyl sites for hydroxylation is 1. The van der Waals surface area contributed by atoms with Crippen LogP contribution in [0.15, 0.2) is 46.9 Å². The highest BCUT2D eigenvalue weighted by atomic mass is 79.9. The minimum atomic E-state index is -0.761. The molecule has 0 heterocycles. The molecule has 0 aliphatic rings. The predicted octanol–water partition coefficient (Wildman–Crippen LogP) is 4.39. The third-order valence-corrected chi connectivity index (χ3v) is 5.07. The van der Waals surface area contributed by atoms with E-state index in [2.05, 4.69) is 26.6 Å². The number of carbonyl (C=O) groups excluding carboxylic acids is 2. The second-order valence-corrected chi connectivity index (χ2v) is 7.60. The second kappa shape index (κ2) is 9.73. The van der Waals surface area contributed by atoms with Gasteiger partial charge in [0.25, 0.3) is 5.91 Å². The van der Waals surface area contributed by atoms with E-state index in [4.69, 9.17) is 0 Å². The monoisotopic (exact) mass is 438 g/mol. The highest BCUT2D eigenvalue weighted by Crippen LogP contribution is 2.18. The van der Waals surface area contributed by atoms with Crippen molar-refractivity contribution >= 4 is 45.2 Å². The molecule has 0 radical (unpaired) electrons. The molecule has 2 N–H and O–H groups in total. The lowest BCUT2D eigenvalue weighted by molar-refractivity contribution is -0.118. The van der Waals surface area contributed by atoms with Crippen LogP contribution >= 0.6 is 27.7 Å². The average Bonchev–Trinajstić information content (AvgIpc) is 2.61. The summed E-state index contributed by atoms with van der Waals surface area (Å²) in [6.45, 7) is 1.77. The van der Waals surface area contributed by atoms with Gasteiger partial charge in [-0.25, -0.2) is 4.39 Å². The van der Waals surface area contributed by atoms with Crippen LogP contribution in [0.25, 0.3) is 0 Å². The van der Waals surface area contributed by atoms with Gasteiger partial charge < -0.3 is 10.6 Å². The molecule has 26 heavy (non-hydrogen) atoms. The molecule has 0 aliphatic heterocycles. The molecule has 0 saturated carbocycles. The Labute approximate surface area is 165 Å². The Hall–Kier alpha value is -1.86. The van der Waals surface area contributed by atoms with Crippen molar-refractivity contribution < 1.29 is 14.0 Å². The van der Waals surface area contributed by atoms with E-state index in [0.717, 1.165) is 5.56 Å². The van der Waals surface area contributed by atoms with Gasteiger partial charge in [0, 0.05) is 4.47 Å². The lowest BCUT2D eigenvalue weighted by atomic mass is 10.1. The van der Waals surface area contributed by atoms with Crippen molar-refractivity contribution in [3.8, 4) is 0 Å². The zero-order valence-corrected chi connectivity index (χ0v) is 16.9. The van der Waals surface area contributed by atoms with Gasteiger partial charge in [-0.1, -0.05) is 18.2 Å². The van der Waals surface area contributed by atoms with Gasteiger partial charge in [0.2, 0.25) is 5.91 Å². The summed E-state index contributed by atoms with van der Waals surface area (Å²) in [4.78, 5) is 25.1. The lowest BCUT2D eigenvalue weighted by Crippen LogP contribution is -2.44. The van der Waals surface area contributed by atoms with E-state index in [0.29, 0.717) is 22.2 Å². The summed E-state index contributed by atoms with van der Waals surface area (Å²) in [5.41, 5.74) is 1.31. The second-order valence-electron chi connectivity index (χ2n) is 5.76. The van der Waals surface area contributed by atoms with E-state index in [1.165, 1.54) is 12.1 Å². The molecule has 4 nitrogen and oxygen atoms in total. The molecular weight excluding hydrogens is 419 g/mol. The van der Waals surface area contributed by atoms with E-state index < -0.39 is 17.8 Å². The third-order valence-electron chi connectivity index (χ3n) is 3.73. The highest BCUT2D eigenvalue weighted by Gasteiger charge is 2.23. The number of thioether (sulfide) groups is 1. The zero-order chi connectivity index (χ0) is 19.1. The molecule has 0 saturated heterocycles.